The van der Waals surface area contributed by atoms with Crippen molar-refractivity contribution in [2.45, 2.75) is 6.92 Å². The highest BCUT2D eigenvalue weighted by Crippen LogP contribution is 2.27. The van der Waals surface area contributed by atoms with E-state index in [0.717, 1.165) is 19.2 Å². The number of benzene rings is 2. The van der Waals surface area contributed by atoms with Gasteiger partial charge in [-0.2, -0.15) is 0 Å². The van der Waals surface area contributed by atoms with Gasteiger partial charge < -0.3 is 19.5 Å². The van der Waals surface area contributed by atoms with E-state index >= 15 is 0 Å². The SMILES string of the molecule is CCOC(=O)c1cn(-c2ccc(F)cc2)c2cc(N3CCNCC3)c(F)cc2c1=O. The van der Waals surface area contributed by atoms with Crippen molar-refractivity contribution in [2.75, 3.05) is 37.7 Å². The van der Waals surface area contributed by atoms with Gasteiger partial charge in [-0.1, -0.05) is 0 Å². The summed E-state index contributed by atoms with van der Waals surface area (Å²) < 4.78 is 35.0. The molecule has 0 radical (unpaired) electrons. The average Bonchev–Trinajstić information content (AvgIpc) is 2.75. The lowest BCUT2D eigenvalue weighted by atomic mass is 10.1. The van der Waals surface area contributed by atoms with Crippen molar-refractivity contribution < 1.29 is 18.3 Å². The second-order valence-corrected chi connectivity index (χ2v) is 7.00. The molecule has 0 spiro atoms. The fraction of sp³-hybridized carbons (Fsp3) is 0.273. The van der Waals surface area contributed by atoms with Crippen molar-refractivity contribution >= 4 is 22.6 Å². The first-order valence-corrected chi connectivity index (χ1v) is 9.77. The molecule has 3 aromatic rings. The van der Waals surface area contributed by atoms with Crippen molar-refractivity contribution in [3.63, 3.8) is 0 Å². The van der Waals surface area contributed by atoms with Gasteiger partial charge in [0.1, 0.15) is 17.2 Å². The molecule has 8 heteroatoms. The normalized spacial score (nSPS) is 14.2. The minimum atomic E-state index is -0.785. The lowest BCUT2D eigenvalue weighted by molar-refractivity contribution is 0.0524. The molecule has 4 rings (SSSR count). The maximum absolute atomic E-state index is 15.0. The molecule has 1 saturated heterocycles. The molecule has 156 valence electrons. The fourth-order valence-corrected chi connectivity index (χ4v) is 3.65. The number of rotatable bonds is 4. The van der Waals surface area contributed by atoms with E-state index in [4.69, 9.17) is 4.74 Å². The highest BCUT2D eigenvalue weighted by Gasteiger charge is 2.21. The van der Waals surface area contributed by atoms with Crippen molar-refractivity contribution in [1.29, 1.82) is 0 Å². The van der Waals surface area contributed by atoms with E-state index in [9.17, 15) is 18.4 Å². The Hall–Kier alpha value is -3.26. The number of nitrogens with one attached hydrogen (secondary N) is 1. The van der Waals surface area contributed by atoms with E-state index in [1.54, 1.807) is 17.6 Å². The standard InChI is InChI=1S/C22H21F2N3O3/c1-2-30-22(29)17-13-27(15-5-3-14(23)4-6-15)19-12-20(26-9-7-25-8-10-26)18(24)11-16(19)21(17)28/h3-6,11-13,25H,2,7-10H2,1H3. The van der Waals surface area contributed by atoms with E-state index in [2.05, 4.69) is 5.32 Å². The lowest BCUT2D eigenvalue weighted by Gasteiger charge is -2.30. The summed E-state index contributed by atoms with van der Waals surface area (Å²) in [6.45, 7) is 4.45. The second kappa shape index (κ2) is 8.23. The predicted molar refractivity (Wildman–Crippen MR) is 111 cm³/mol. The third-order valence-electron chi connectivity index (χ3n) is 5.13. The average molecular weight is 413 g/mol. The third kappa shape index (κ3) is 3.66. The number of pyridine rings is 1. The minimum Gasteiger partial charge on any atom is -0.462 e. The van der Waals surface area contributed by atoms with Crippen LogP contribution in [0.15, 0.2) is 47.4 Å². The molecule has 0 unspecified atom stereocenters. The molecule has 1 aliphatic rings. The number of fused-ring (bicyclic) bond motifs is 1. The van der Waals surface area contributed by atoms with Crippen molar-refractivity contribution in [3.8, 4) is 5.69 Å². The Bertz CT molecular complexity index is 1150. The van der Waals surface area contributed by atoms with Crippen LogP contribution in [0.4, 0.5) is 14.5 Å². The molecule has 0 amide bonds. The molecule has 30 heavy (non-hydrogen) atoms. The van der Waals surface area contributed by atoms with Crippen molar-refractivity contribution in [1.82, 2.24) is 9.88 Å². The van der Waals surface area contributed by atoms with E-state index in [-0.39, 0.29) is 17.6 Å². The molecule has 2 heterocycles. The number of carbonyl (C=O) groups excluding carboxylic acids is 1. The zero-order chi connectivity index (χ0) is 21.3. The molecule has 1 fully saturated rings. The number of hydrogen-bond donors (Lipinski definition) is 1. The molecule has 0 bridgehead atoms. The summed E-state index contributed by atoms with van der Waals surface area (Å²) in [5.74, 6) is -1.73. The van der Waals surface area contributed by atoms with Crippen LogP contribution in [-0.2, 0) is 4.74 Å². The van der Waals surface area contributed by atoms with Crippen LogP contribution >= 0.6 is 0 Å². The Kier molecular flexibility index (Phi) is 5.50. The number of halogens is 2. The zero-order valence-corrected chi connectivity index (χ0v) is 16.5. The number of hydrogen-bond acceptors (Lipinski definition) is 5. The molecule has 2 aromatic carbocycles. The molecule has 0 saturated carbocycles. The first-order valence-electron chi connectivity index (χ1n) is 9.77. The molecule has 0 atom stereocenters. The Morgan fingerprint density at radius 3 is 2.50 bits per heavy atom. The van der Waals surface area contributed by atoms with Gasteiger partial charge in [0.2, 0.25) is 5.43 Å². The van der Waals surface area contributed by atoms with Gasteiger partial charge in [0, 0.05) is 43.4 Å². The molecule has 1 N–H and O–H groups in total. The van der Waals surface area contributed by atoms with Gasteiger partial charge in [0.15, 0.2) is 0 Å². The molecular weight excluding hydrogens is 392 g/mol. The Labute approximate surface area is 171 Å². The van der Waals surface area contributed by atoms with Gasteiger partial charge in [0.25, 0.3) is 0 Å². The van der Waals surface area contributed by atoms with Crippen LogP contribution < -0.4 is 15.6 Å². The highest BCUT2D eigenvalue weighted by molar-refractivity contribution is 5.95. The van der Waals surface area contributed by atoms with Crippen LogP contribution in [0.5, 0.6) is 0 Å². The first kappa shape index (κ1) is 20.0. The number of esters is 1. The lowest BCUT2D eigenvalue weighted by Crippen LogP contribution is -2.43. The third-order valence-corrected chi connectivity index (χ3v) is 5.13. The van der Waals surface area contributed by atoms with Gasteiger partial charge in [-0.05, 0) is 43.3 Å². The molecule has 0 aliphatic carbocycles. The van der Waals surface area contributed by atoms with Gasteiger partial charge >= 0.3 is 5.97 Å². The number of carbonyl (C=O) groups is 1. The van der Waals surface area contributed by atoms with E-state index in [1.807, 2.05) is 4.90 Å². The molecule has 6 nitrogen and oxygen atoms in total. The zero-order valence-electron chi connectivity index (χ0n) is 16.5. The number of nitrogens with zero attached hydrogens (tertiary/aromatic N) is 2. The largest absolute Gasteiger partial charge is 0.462 e. The summed E-state index contributed by atoms with van der Waals surface area (Å²) in [6, 6.07) is 8.39. The van der Waals surface area contributed by atoms with Gasteiger partial charge in [-0.25, -0.2) is 13.6 Å². The van der Waals surface area contributed by atoms with Crippen molar-refractivity contribution in [2.24, 2.45) is 0 Å². The molecule has 1 aliphatic heterocycles. The Morgan fingerprint density at radius 1 is 1.13 bits per heavy atom. The van der Waals surface area contributed by atoms with Crippen LogP contribution in [0.3, 0.4) is 0 Å². The van der Waals surface area contributed by atoms with Crippen LogP contribution in [0.1, 0.15) is 17.3 Å². The Morgan fingerprint density at radius 2 is 1.83 bits per heavy atom. The topological polar surface area (TPSA) is 63.6 Å². The van der Waals surface area contributed by atoms with Gasteiger partial charge in [0.05, 0.1) is 17.8 Å². The van der Waals surface area contributed by atoms with Gasteiger partial charge in [-0.15, -0.1) is 0 Å². The Balaban J connectivity index is 1.98. The van der Waals surface area contributed by atoms with E-state index in [1.165, 1.54) is 30.5 Å². The molecule has 1 aromatic heterocycles. The number of ether oxygens (including phenoxy) is 1. The van der Waals surface area contributed by atoms with E-state index < -0.39 is 23.0 Å². The predicted octanol–water partition coefficient (Wildman–Crippen LogP) is 2.86. The first-order chi connectivity index (χ1) is 14.5. The second-order valence-electron chi connectivity index (χ2n) is 7.00. The summed E-state index contributed by atoms with van der Waals surface area (Å²) in [7, 11) is 0. The monoisotopic (exact) mass is 413 g/mol. The quantitative estimate of drug-likeness (QED) is 0.667. The van der Waals surface area contributed by atoms with Crippen LogP contribution in [0.25, 0.3) is 16.6 Å². The van der Waals surface area contributed by atoms with E-state index in [0.29, 0.717) is 30.0 Å². The smallest absolute Gasteiger partial charge is 0.343 e. The number of aromatic nitrogens is 1. The number of anilines is 1. The maximum atomic E-state index is 15.0. The highest BCUT2D eigenvalue weighted by atomic mass is 19.1. The summed E-state index contributed by atoms with van der Waals surface area (Å²) in [6.07, 6.45) is 1.37. The maximum Gasteiger partial charge on any atom is 0.343 e. The summed E-state index contributed by atoms with van der Waals surface area (Å²) in [5.41, 5.74) is 0.526. The van der Waals surface area contributed by atoms with Crippen molar-refractivity contribution in [3.05, 3.63) is 70.0 Å². The molecular formula is C22H21F2N3O3. The minimum absolute atomic E-state index is 0.0567. The van der Waals surface area contributed by atoms with Crippen LogP contribution in [0, 0.1) is 11.6 Å². The summed E-state index contributed by atoms with van der Waals surface area (Å²) in [5, 5.41) is 3.28. The van der Waals surface area contributed by atoms with Crippen LogP contribution in [0.2, 0.25) is 0 Å². The van der Waals surface area contributed by atoms with Gasteiger partial charge in [-0.3, -0.25) is 4.79 Å². The van der Waals surface area contributed by atoms with Crippen LogP contribution in [-0.4, -0.2) is 43.3 Å². The summed E-state index contributed by atoms with van der Waals surface area (Å²) in [4.78, 5) is 27.2. The summed E-state index contributed by atoms with van der Waals surface area (Å²) >= 11 is 0. The fourth-order valence-electron chi connectivity index (χ4n) is 3.65. The number of piperazine rings is 1.